The highest BCUT2D eigenvalue weighted by atomic mass is 16.5. The van der Waals surface area contributed by atoms with Crippen LogP contribution in [-0.4, -0.2) is 50.2 Å². The number of piperidine rings is 1. The van der Waals surface area contributed by atoms with Gasteiger partial charge in [0.05, 0.1) is 12.3 Å². The predicted molar refractivity (Wildman–Crippen MR) is 133 cm³/mol. The standard InChI is InChI=1S/C28H41NO4/c1-5-32-21-29-18-11-14-24(20-29)28(30,17-8-9-19-31-4)25-15-10-13-23(3)27(25)33-26-16-7-6-12-22(26)2/h6-7,10,12-13,15-16,24,30H,5,8-9,11,14,17-21H2,1-4H3/t24-,28+/m1/s1. The molecule has 5 heteroatoms. The number of unbranched alkanes of at least 4 members (excludes halogenated alkanes) is 1. The lowest BCUT2D eigenvalue weighted by Gasteiger charge is -2.43. The maximum absolute atomic E-state index is 12.4. The third-order valence-electron chi connectivity index (χ3n) is 6.80. The van der Waals surface area contributed by atoms with Gasteiger partial charge in [0.2, 0.25) is 0 Å². The minimum absolute atomic E-state index is 0.107. The molecule has 1 saturated heterocycles. The second-order valence-corrected chi connectivity index (χ2v) is 9.23. The number of rotatable bonds is 12. The molecule has 1 heterocycles. The lowest BCUT2D eigenvalue weighted by atomic mass is 9.73. The SMILES string of the molecule is CCOCN1CCC[C@@H]([C@@](O)(CCCCOC)c2cccc(C)c2Oc2ccccc2C)C1. The number of aryl methyl sites for hydroxylation is 2. The van der Waals surface area contributed by atoms with Crippen LogP contribution >= 0.6 is 0 Å². The molecule has 182 valence electrons. The van der Waals surface area contributed by atoms with Crippen molar-refractivity contribution in [2.45, 2.75) is 58.5 Å². The molecule has 0 radical (unpaired) electrons. The van der Waals surface area contributed by atoms with Crippen LogP contribution in [0.2, 0.25) is 0 Å². The minimum atomic E-state index is -0.983. The summed E-state index contributed by atoms with van der Waals surface area (Å²) in [5.41, 5.74) is 2.03. The van der Waals surface area contributed by atoms with Crippen molar-refractivity contribution in [2.24, 2.45) is 5.92 Å². The highest BCUT2D eigenvalue weighted by Gasteiger charge is 2.42. The van der Waals surface area contributed by atoms with Crippen LogP contribution in [0.4, 0.5) is 0 Å². The second kappa shape index (κ2) is 12.5. The number of benzene rings is 2. The Morgan fingerprint density at radius 2 is 1.85 bits per heavy atom. The third kappa shape index (κ3) is 6.57. The molecule has 0 saturated carbocycles. The summed E-state index contributed by atoms with van der Waals surface area (Å²) < 4.78 is 17.5. The van der Waals surface area contributed by atoms with Crippen molar-refractivity contribution in [3.63, 3.8) is 0 Å². The Bertz CT molecular complexity index is 871. The first kappa shape index (κ1) is 25.7. The van der Waals surface area contributed by atoms with Gasteiger partial charge in [-0.3, -0.25) is 4.90 Å². The van der Waals surface area contributed by atoms with E-state index in [1.54, 1.807) is 7.11 Å². The Morgan fingerprint density at radius 1 is 1.06 bits per heavy atom. The number of para-hydroxylation sites is 2. The zero-order chi connectivity index (χ0) is 23.7. The summed E-state index contributed by atoms with van der Waals surface area (Å²) in [7, 11) is 1.73. The van der Waals surface area contributed by atoms with Crippen molar-refractivity contribution in [1.29, 1.82) is 0 Å². The summed E-state index contributed by atoms with van der Waals surface area (Å²) in [4.78, 5) is 2.33. The zero-order valence-electron chi connectivity index (χ0n) is 20.8. The van der Waals surface area contributed by atoms with Gasteiger partial charge < -0.3 is 19.3 Å². The van der Waals surface area contributed by atoms with E-state index in [1.807, 2.05) is 31.2 Å². The lowest BCUT2D eigenvalue weighted by molar-refractivity contribution is -0.0800. The van der Waals surface area contributed by atoms with Crippen molar-refractivity contribution in [3.05, 3.63) is 59.2 Å². The molecule has 33 heavy (non-hydrogen) atoms. The third-order valence-corrected chi connectivity index (χ3v) is 6.80. The van der Waals surface area contributed by atoms with Crippen molar-refractivity contribution in [1.82, 2.24) is 4.90 Å². The minimum Gasteiger partial charge on any atom is -0.456 e. The average molecular weight is 456 g/mol. The van der Waals surface area contributed by atoms with Gasteiger partial charge in [-0.25, -0.2) is 0 Å². The summed E-state index contributed by atoms with van der Waals surface area (Å²) in [5, 5.41) is 12.4. The van der Waals surface area contributed by atoms with Gasteiger partial charge in [-0.05, 0) is 70.1 Å². The van der Waals surface area contributed by atoms with Crippen LogP contribution in [0.3, 0.4) is 0 Å². The van der Waals surface area contributed by atoms with Gasteiger partial charge in [-0.15, -0.1) is 0 Å². The molecule has 1 aliphatic heterocycles. The second-order valence-electron chi connectivity index (χ2n) is 9.23. The number of hydrogen-bond acceptors (Lipinski definition) is 5. The fourth-order valence-electron chi connectivity index (χ4n) is 4.89. The van der Waals surface area contributed by atoms with Gasteiger partial charge >= 0.3 is 0 Å². The Morgan fingerprint density at radius 3 is 2.61 bits per heavy atom. The van der Waals surface area contributed by atoms with Crippen LogP contribution in [0.1, 0.15) is 55.7 Å². The first-order valence-electron chi connectivity index (χ1n) is 12.3. The molecule has 0 amide bonds. The molecule has 2 aromatic rings. The maximum atomic E-state index is 12.4. The fourth-order valence-corrected chi connectivity index (χ4v) is 4.89. The summed E-state index contributed by atoms with van der Waals surface area (Å²) in [6.45, 7) is 9.99. The molecule has 5 nitrogen and oxygen atoms in total. The van der Waals surface area contributed by atoms with Gasteiger partial charge in [0.15, 0.2) is 0 Å². The van der Waals surface area contributed by atoms with Gasteiger partial charge in [-0.2, -0.15) is 0 Å². The topological polar surface area (TPSA) is 51.2 Å². The Balaban J connectivity index is 1.96. The molecular formula is C28H41NO4. The van der Waals surface area contributed by atoms with E-state index < -0.39 is 5.60 Å². The van der Waals surface area contributed by atoms with Crippen LogP contribution < -0.4 is 4.74 Å². The lowest BCUT2D eigenvalue weighted by Crippen LogP contribution is -2.47. The van der Waals surface area contributed by atoms with Crippen LogP contribution in [0.15, 0.2) is 42.5 Å². The van der Waals surface area contributed by atoms with E-state index in [4.69, 9.17) is 14.2 Å². The van der Waals surface area contributed by atoms with E-state index >= 15 is 0 Å². The van der Waals surface area contributed by atoms with E-state index in [-0.39, 0.29) is 5.92 Å². The van der Waals surface area contributed by atoms with Gasteiger partial charge in [-0.1, -0.05) is 36.4 Å². The maximum Gasteiger partial charge on any atom is 0.136 e. The molecule has 3 rings (SSSR count). The van der Waals surface area contributed by atoms with Crippen molar-refractivity contribution in [3.8, 4) is 11.5 Å². The molecule has 1 fully saturated rings. The zero-order valence-corrected chi connectivity index (χ0v) is 20.8. The summed E-state index contributed by atoms with van der Waals surface area (Å²) in [6, 6.07) is 14.2. The van der Waals surface area contributed by atoms with E-state index in [1.165, 1.54) is 0 Å². The van der Waals surface area contributed by atoms with Gasteiger partial charge in [0, 0.05) is 44.9 Å². The molecule has 2 atom stereocenters. The molecule has 2 aromatic carbocycles. The summed E-state index contributed by atoms with van der Waals surface area (Å²) in [5.74, 6) is 1.72. The molecule has 0 spiro atoms. The average Bonchev–Trinajstić information content (AvgIpc) is 2.83. The number of methoxy groups -OCH3 is 1. The van der Waals surface area contributed by atoms with Crippen LogP contribution in [0.25, 0.3) is 0 Å². The molecule has 0 unspecified atom stereocenters. The van der Waals surface area contributed by atoms with Crippen LogP contribution in [0.5, 0.6) is 11.5 Å². The highest BCUT2D eigenvalue weighted by Crippen LogP contribution is 2.45. The Kier molecular flexibility index (Phi) is 9.75. The predicted octanol–water partition coefficient (Wildman–Crippen LogP) is 5.81. The highest BCUT2D eigenvalue weighted by molar-refractivity contribution is 5.48. The van der Waals surface area contributed by atoms with Crippen molar-refractivity contribution < 1.29 is 19.3 Å². The largest absolute Gasteiger partial charge is 0.456 e. The van der Waals surface area contributed by atoms with Gasteiger partial charge in [0.25, 0.3) is 0 Å². The monoisotopic (exact) mass is 455 g/mol. The van der Waals surface area contributed by atoms with Crippen LogP contribution in [0, 0.1) is 19.8 Å². The quantitative estimate of drug-likeness (QED) is 0.410. The number of ether oxygens (including phenoxy) is 3. The molecule has 0 bridgehead atoms. The number of likely N-dealkylation sites (tertiary alicyclic amines) is 1. The normalized spacial score (nSPS) is 18.8. The molecular weight excluding hydrogens is 414 g/mol. The molecule has 1 aliphatic rings. The number of aliphatic hydroxyl groups is 1. The van der Waals surface area contributed by atoms with E-state index in [0.717, 1.165) is 67.0 Å². The molecule has 0 aliphatic carbocycles. The summed E-state index contributed by atoms with van der Waals surface area (Å²) in [6.07, 6.45) is 4.54. The van der Waals surface area contributed by atoms with E-state index in [2.05, 4.69) is 36.9 Å². The van der Waals surface area contributed by atoms with Crippen molar-refractivity contribution >= 4 is 0 Å². The first-order chi connectivity index (χ1) is 16.0. The number of nitrogens with zero attached hydrogens (tertiary/aromatic N) is 1. The molecule has 1 N–H and O–H groups in total. The van der Waals surface area contributed by atoms with Crippen LogP contribution in [-0.2, 0) is 15.1 Å². The van der Waals surface area contributed by atoms with E-state index in [9.17, 15) is 5.11 Å². The smallest absolute Gasteiger partial charge is 0.136 e. The first-order valence-corrected chi connectivity index (χ1v) is 12.3. The van der Waals surface area contributed by atoms with Gasteiger partial charge in [0.1, 0.15) is 11.5 Å². The molecule has 0 aromatic heterocycles. The Hall–Kier alpha value is -1.92. The Labute approximate surface area is 199 Å². The fraction of sp³-hybridized carbons (Fsp3) is 0.571. The summed E-state index contributed by atoms with van der Waals surface area (Å²) >= 11 is 0. The van der Waals surface area contributed by atoms with Crippen molar-refractivity contribution in [2.75, 3.05) is 40.1 Å². The van der Waals surface area contributed by atoms with E-state index in [0.29, 0.717) is 26.4 Å². The number of hydrogen-bond donors (Lipinski definition) is 1.